The molecule has 2 atom stereocenters. The highest BCUT2D eigenvalue weighted by Crippen LogP contribution is 2.35. The Morgan fingerprint density at radius 3 is 2.62 bits per heavy atom. The van der Waals surface area contributed by atoms with E-state index in [4.69, 9.17) is 16.6 Å². The minimum absolute atomic E-state index is 0.0511. The number of fused-ring (bicyclic) bond motifs is 4. The fourth-order valence-corrected chi connectivity index (χ4v) is 5.84. The van der Waals surface area contributed by atoms with E-state index in [0.717, 1.165) is 45.6 Å². The van der Waals surface area contributed by atoms with E-state index in [9.17, 15) is 9.59 Å². The number of nitrogens with one attached hydrogen (secondary N) is 1. The Bertz CT molecular complexity index is 1860. The van der Waals surface area contributed by atoms with Crippen molar-refractivity contribution in [2.75, 3.05) is 5.32 Å². The number of amides is 1. The molecule has 212 valence electrons. The van der Waals surface area contributed by atoms with Crippen molar-refractivity contribution in [2.24, 2.45) is 13.0 Å². The molecule has 5 aromatic rings. The number of benzene rings is 2. The Morgan fingerprint density at radius 2 is 1.81 bits per heavy atom. The van der Waals surface area contributed by atoms with Gasteiger partial charge in [0.1, 0.15) is 0 Å². The molecule has 2 aromatic carbocycles. The predicted octanol–water partition coefficient (Wildman–Crippen LogP) is 6.68. The Balaban J connectivity index is 1.44. The Labute approximate surface area is 249 Å². The van der Waals surface area contributed by atoms with Gasteiger partial charge in [0.2, 0.25) is 5.91 Å². The Kier molecular flexibility index (Phi) is 7.47. The number of rotatable bonds is 3. The molecule has 0 aliphatic carbocycles. The van der Waals surface area contributed by atoms with E-state index in [-0.39, 0.29) is 23.4 Å². The molecule has 4 heterocycles. The summed E-state index contributed by atoms with van der Waals surface area (Å²) in [7, 11) is 1.84. The van der Waals surface area contributed by atoms with E-state index in [0.29, 0.717) is 29.2 Å². The number of hydrogen-bond acceptors (Lipinski definition) is 5. The van der Waals surface area contributed by atoms with E-state index in [1.165, 1.54) is 0 Å². The molecule has 1 amide bonds. The second-order valence-corrected chi connectivity index (χ2v) is 11.4. The van der Waals surface area contributed by atoms with Crippen molar-refractivity contribution in [3.05, 3.63) is 106 Å². The van der Waals surface area contributed by atoms with Crippen molar-refractivity contribution in [2.45, 2.75) is 39.2 Å². The van der Waals surface area contributed by atoms with Crippen molar-refractivity contribution in [1.29, 1.82) is 0 Å². The molecule has 8 nitrogen and oxygen atoms in total. The van der Waals surface area contributed by atoms with E-state index in [2.05, 4.69) is 21.5 Å². The van der Waals surface area contributed by atoms with Crippen LogP contribution in [0.25, 0.3) is 33.6 Å². The standard InChI is InChI=1S/C33H31ClN6O2/c1-20-6-4-8-22(14-20)25-11-10-24(34)16-26(25)27-17-31(41)40(19-36-27)30-9-5-7-21(2)33(42)38-29-18-37-39(3)32(29)23-12-13-35-28(30)15-23/h4,6,8,10-19,21,30H,5,7,9H2,1-3H3,(H,38,42)/t21-,30+/m1/s1. The SMILES string of the molecule is Cc1cccc(-c2ccc(Cl)cc2-c2cc(=O)n([C@H]3CCC[C@@H](C)C(=O)Nc4cnn(C)c4-c4ccnc3c4)cn2)c1. The molecule has 2 bridgehead atoms. The molecule has 1 aliphatic rings. The van der Waals surface area contributed by atoms with Gasteiger partial charge in [-0.25, -0.2) is 4.98 Å². The van der Waals surface area contributed by atoms with Crippen LogP contribution in [0.1, 0.15) is 43.5 Å². The maximum absolute atomic E-state index is 13.8. The Hall–Kier alpha value is -4.56. The number of nitrogens with zero attached hydrogens (tertiary/aromatic N) is 5. The van der Waals surface area contributed by atoms with Gasteiger partial charge in [0.05, 0.1) is 41.3 Å². The lowest BCUT2D eigenvalue weighted by molar-refractivity contribution is -0.119. The largest absolute Gasteiger partial charge is 0.323 e. The molecule has 42 heavy (non-hydrogen) atoms. The number of aryl methyl sites for hydroxylation is 2. The third-order valence-electron chi connectivity index (χ3n) is 7.91. The van der Waals surface area contributed by atoms with Gasteiger partial charge in [-0.15, -0.1) is 0 Å². The first-order chi connectivity index (χ1) is 20.3. The van der Waals surface area contributed by atoms with Crippen molar-refractivity contribution >= 4 is 23.2 Å². The molecule has 0 unspecified atom stereocenters. The monoisotopic (exact) mass is 578 g/mol. The summed E-state index contributed by atoms with van der Waals surface area (Å²) in [5.41, 5.74) is 7.31. The summed E-state index contributed by atoms with van der Waals surface area (Å²) >= 11 is 6.41. The summed E-state index contributed by atoms with van der Waals surface area (Å²) in [4.78, 5) is 36.2. The zero-order valence-electron chi connectivity index (χ0n) is 23.7. The third-order valence-corrected chi connectivity index (χ3v) is 8.15. The van der Waals surface area contributed by atoms with E-state index in [1.807, 2.05) is 69.4 Å². The van der Waals surface area contributed by atoms with Gasteiger partial charge in [-0.3, -0.25) is 23.8 Å². The van der Waals surface area contributed by atoms with E-state index < -0.39 is 0 Å². The summed E-state index contributed by atoms with van der Waals surface area (Å²) < 4.78 is 3.38. The first kappa shape index (κ1) is 27.6. The molecule has 0 radical (unpaired) electrons. The number of anilines is 1. The molecule has 9 heteroatoms. The van der Waals surface area contributed by atoms with Gasteiger partial charge < -0.3 is 5.32 Å². The number of hydrogen-bond donors (Lipinski definition) is 1. The van der Waals surface area contributed by atoms with Crippen LogP contribution in [0, 0.1) is 12.8 Å². The molecule has 0 saturated heterocycles. The average molecular weight is 579 g/mol. The second-order valence-electron chi connectivity index (χ2n) is 10.9. The van der Waals surface area contributed by atoms with Gasteiger partial charge in [-0.2, -0.15) is 5.10 Å². The first-order valence-corrected chi connectivity index (χ1v) is 14.4. The number of aromatic nitrogens is 5. The second kappa shape index (κ2) is 11.4. The summed E-state index contributed by atoms with van der Waals surface area (Å²) in [5.74, 6) is -0.255. The lowest BCUT2D eigenvalue weighted by Gasteiger charge is -2.22. The summed E-state index contributed by atoms with van der Waals surface area (Å²) in [5, 5.41) is 7.99. The van der Waals surface area contributed by atoms with Gasteiger partial charge in [-0.1, -0.05) is 60.8 Å². The molecule has 0 fully saturated rings. The highest BCUT2D eigenvalue weighted by Gasteiger charge is 2.24. The normalized spacial score (nSPS) is 17.1. The number of carbonyl (C=O) groups excluding carboxylic acids is 1. The highest BCUT2D eigenvalue weighted by molar-refractivity contribution is 6.31. The number of halogens is 1. The molecular formula is C33H31ClN6O2. The van der Waals surface area contributed by atoms with Crippen molar-refractivity contribution in [3.8, 4) is 33.6 Å². The van der Waals surface area contributed by atoms with Crippen LogP contribution in [0.3, 0.4) is 0 Å². The van der Waals surface area contributed by atoms with Crippen LogP contribution in [-0.4, -0.2) is 30.2 Å². The molecule has 1 N–H and O–H groups in total. The smallest absolute Gasteiger partial charge is 0.254 e. The van der Waals surface area contributed by atoms with Crippen LogP contribution in [0.15, 0.2) is 84.2 Å². The highest BCUT2D eigenvalue weighted by atomic mass is 35.5. The molecule has 1 aliphatic heterocycles. The van der Waals surface area contributed by atoms with Gasteiger partial charge >= 0.3 is 0 Å². The predicted molar refractivity (Wildman–Crippen MR) is 165 cm³/mol. The van der Waals surface area contributed by atoms with Crippen LogP contribution in [0.5, 0.6) is 0 Å². The van der Waals surface area contributed by atoms with Crippen molar-refractivity contribution in [1.82, 2.24) is 24.3 Å². The summed E-state index contributed by atoms with van der Waals surface area (Å²) in [6.45, 7) is 3.97. The van der Waals surface area contributed by atoms with Gasteiger partial charge in [-0.05, 0) is 55.2 Å². The molecule has 0 saturated carbocycles. The first-order valence-electron chi connectivity index (χ1n) is 14.0. The fraction of sp³-hybridized carbons (Fsp3) is 0.242. The average Bonchev–Trinajstić information content (AvgIpc) is 3.34. The fourth-order valence-electron chi connectivity index (χ4n) is 5.67. The minimum atomic E-state index is -0.360. The van der Waals surface area contributed by atoms with E-state index in [1.54, 1.807) is 34.0 Å². The minimum Gasteiger partial charge on any atom is -0.323 e. The maximum Gasteiger partial charge on any atom is 0.254 e. The topological polar surface area (TPSA) is 94.7 Å². The quantitative estimate of drug-likeness (QED) is 0.258. The van der Waals surface area contributed by atoms with Crippen molar-refractivity contribution < 1.29 is 4.79 Å². The third kappa shape index (κ3) is 5.37. The van der Waals surface area contributed by atoms with Crippen LogP contribution in [0.4, 0.5) is 5.69 Å². The number of pyridine rings is 1. The molecule has 0 spiro atoms. The van der Waals surface area contributed by atoms with Gasteiger partial charge in [0, 0.05) is 41.4 Å². The van der Waals surface area contributed by atoms with Crippen LogP contribution in [-0.2, 0) is 11.8 Å². The zero-order valence-corrected chi connectivity index (χ0v) is 24.5. The van der Waals surface area contributed by atoms with Crippen LogP contribution in [0.2, 0.25) is 5.02 Å². The number of carbonyl (C=O) groups is 1. The maximum atomic E-state index is 13.8. The summed E-state index contributed by atoms with van der Waals surface area (Å²) in [6.07, 6.45) is 7.02. The molecular weight excluding hydrogens is 548 g/mol. The molecule has 6 rings (SSSR count). The van der Waals surface area contributed by atoms with Gasteiger partial charge in [0.25, 0.3) is 5.56 Å². The van der Waals surface area contributed by atoms with Crippen LogP contribution >= 0.6 is 11.6 Å². The lowest BCUT2D eigenvalue weighted by Crippen LogP contribution is -2.27. The zero-order chi connectivity index (χ0) is 29.4. The van der Waals surface area contributed by atoms with Crippen molar-refractivity contribution in [3.63, 3.8) is 0 Å². The van der Waals surface area contributed by atoms with Crippen LogP contribution < -0.4 is 10.9 Å². The van der Waals surface area contributed by atoms with E-state index >= 15 is 0 Å². The Morgan fingerprint density at radius 1 is 0.952 bits per heavy atom. The molecule has 3 aromatic heterocycles. The summed E-state index contributed by atoms with van der Waals surface area (Å²) in [6, 6.07) is 18.9. The lowest BCUT2D eigenvalue weighted by atomic mass is 9.96. The van der Waals surface area contributed by atoms with Gasteiger partial charge in [0.15, 0.2) is 0 Å².